The molecule has 0 aromatic heterocycles. The van der Waals surface area contributed by atoms with Crippen LogP contribution in [0.25, 0.3) is 0 Å². The molecular weight excluding hydrogens is 264 g/mol. The maximum absolute atomic E-state index is 13.5. The molecule has 1 aromatic carbocycles. The highest BCUT2D eigenvalue weighted by Gasteiger charge is 2.29. The van der Waals surface area contributed by atoms with Crippen molar-refractivity contribution in [2.45, 2.75) is 25.3 Å². The molecule has 0 heterocycles. The average Bonchev–Trinajstić information content (AvgIpc) is 1.97. The number of hydrogen-bond donors (Lipinski definition) is 1. The van der Waals surface area contributed by atoms with Gasteiger partial charge in [0.05, 0.1) is 0 Å². The molecule has 82 valence electrons. The van der Waals surface area contributed by atoms with Crippen molar-refractivity contribution >= 4 is 15.9 Å². The van der Waals surface area contributed by atoms with Crippen LogP contribution in [0.4, 0.5) is 8.78 Å². The molecule has 0 saturated heterocycles. The van der Waals surface area contributed by atoms with Gasteiger partial charge in [-0.2, -0.15) is 0 Å². The minimum Gasteiger partial charge on any atom is -0.324 e. The first-order valence-electron chi connectivity index (χ1n) is 4.99. The van der Waals surface area contributed by atoms with Crippen molar-refractivity contribution in [3.8, 4) is 0 Å². The van der Waals surface area contributed by atoms with Crippen molar-refractivity contribution in [1.29, 1.82) is 0 Å². The molecule has 0 radical (unpaired) electrons. The lowest BCUT2D eigenvalue weighted by atomic mass is 9.77. The monoisotopic (exact) mass is 275 g/mol. The molecule has 1 aliphatic rings. The van der Waals surface area contributed by atoms with E-state index in [1.807, 2.05) is 0 Å². The normalized spacial score (nSPS) is 18.7. The van der Waals surface area contributed by atoms with Crippen LogP contribution in [0.5, 0.6) is 0 Å². The molecule has 0 amide bonds. The van der Waals surface area contributed by atoms with Crippen LogP contribution in [0, 0.1) is 17.6 Å². The molecule has 15 heavy (non-hydrogen) atoms. The fraction of sp³-hybridized carbons (Fsp3) is 0.455. The summed E-state index contributed by atoms with van der Waals surface area (Å²) in [4.78, 5) is 0. The third-order valence-electron chi connectivity index (χ3n) is 3.03. The third-order valence-corrected chi connectivity index (χ3v) is 3.49. The van der Waals surface area contributed by atoms with Gasteiger partial charge >= 0.3 is 0 Å². The van der Waals surface area contributed by atoms with E-state index >= 15 is 0 Å². The molecule has 1 fully saturated rings. The summed E-state index contributed by atoms with van der Waals surface area (Å²) in [7, 11) is 0. The smallest absolute Gasteiger partial charge is 0.132 e. The summed E-state index contributed by atoms with van der Waals surface area (Å²) < 4.78 is 27.5. The van der Waals surface area contributed by atoms with Crippen molar-refractivity contribution in [3.63, 3.8) is 0 Å². The molecular formula is C11H12BrF2N. The Morgan fingerprint density at radius 1 is 1.27 bits per heavy atom. The van der Waals surface area contributed by atoms with Gasteiger partial charge in [-0.05, 0) is 30.9 Å². The molecule has 2 rings (SSSR count). The molecule has 1 nitrogen and oxygen atoms in total. The molecule has 4 heteroatoms. The van der Waals surface area contributed by atoms with Gasteiger partial charge in [-0.1, -0.05) is 22.4 Å². The predicted molar refractivity (Wildman–Crippen MR) is 58.3 cm³/mol. The molecule has 1 aliphatic carbocycles. The van der Waals surface area contributed by atoms with Crippen LogP contribution in [0.15, 0.2) is 16.6 Å². The Bertz CT molecular complexity index is 354. The predicted octanol–water partition coefficient (Wildman–Crippen LogP) is 3.53. The van der Waals surface area contributed by atoms with Crippen molar-refractivity contribution < 1.29 is 8.78 Å². The van der Waals surface area contributed by atoms with Crippen LogP contribution >= 0.6 is 15.9 Å². The maximum Gasteiger partial charge on any atom is 0.132 e. The van der Waals surface area contributed by atoms with Gasteiger partial charge in [-0.15, -0.1) is 0 Å². The molecule has 1 saturated carbocycles. The van der Waals surface area contributed by atoms with E-state index in [4.69, 9.17) is 5.73 Å². The Morgan fingerprint density at radius 3 is 2.20 bits per heavy atom. The van der Waals surface area contributed by atoms with Crippen molar-refractivity contribution in [3.05, 3.63) is 33.8 Å². The third kappa shape index (κ3) is 2.06. The van der Waals surface area contributed by atoms with Crippen LogP contribution in [0.3, 0.4) is 0 Å². The van der Waals surface area contributed by atoms with Crippen LogP contribution in [0.2, 0.25) is 0 Å². The summed E-state index contributed by atoms with van der Waals surface area (Å²) >= 11 is 3.04. The topological polar surface area (TPSA) is 26.0 Å². The number of rotatable bonds is 2. The van der Waals surface area contributed by atoms with Gasteiger partial charge in [0, 0.05) is 16.1 Å². The summed E-state index contributed by atoms with van der Waals surface area (Å²) in [6.45, 7) is 0. The lowest BCUT2D eigenvalue weighted by Gasteiger charge is -2.31. The summed E-state index contributed by atoms with van der Waals surface area (Å²) in [6, 6.07) is 2.01. The largest absolute Gasteiger partial charge is 0.324 e. The van der Waals surface area contributed by atoms with E-state index in [1.165, 1.54) is 12.1 Å². The van der Waals surface area contributed by atoms with Gasteiger partial charge in [0.1, 0.15) is 11.6 Å². The van der Waals surface area contributed by atoms with Crippen LogP contribution < -0.4 is 5.73 Å². The number of halogens is 3. The SMILES string of the molecule is NC(c1c(F)cc(Br)cc1F)C1CCC1. The highest BCUT2D eigenvalue weighted by Crippen LogP contribution is 2.38. The molecule has 1 aromatic rings. The Balaban J connectivity index is 2.33. The van der Waals surface area contributed by atoms with Gasteiger partial charge < -0.3 is 5.73 Å². The Hall–Kier alpha value is -0.480. The van der Waals surface area contributed by atoms with Crippen molar-refractivity contribution in [2.75, 3.05) is 0 Å². The number of hydrogen-bond acceptors (Lipinski definition) is 1. The first kappa shape index (κ1) is 11.0. The molecule has 1 unspecified atom stereocenters. The number of benzene rings is 1. The molecule has 0 aliphatic heterocycles. The zero-order chi connectivity index (χ0) is 11.0. The van der Waals surface area contributed by atoms with Crippen molar-refractivity contribution in [2.24, 2.45) is 11.7 Å². The van der Waals surface area contributed by atoms with Gasteiger partial charge in [-0.3, -0.25) is 0 Å². The van der Waals surface area contributed by atoms with Crippen LogP contribution in [-0.2, 0) is 0 Å². The zero-order valence-corrected chi connectivity index (χ0v) is 9.73. The summed E-state index contributed by atoms with van der Waals surface area (Å²) in [6.07, 6.45) is 3.05. The van der Waals surface area contributed by atoms with Gasteiger partial charge in [0.2, 0.25) is 0 Å². The summed E-state index contributed by atoms with van der Waals surface area (Å²) in [5.74, 6) is -0.877. The zero-order valence-electron chi connectivity index (χ0n) is 8.14. The first-order valence-corrected chi connectivity index (χ1v) is 5.79. The molecule has 0 spiro atoms. The highest BCUT2D eigenvalue weighted by molar-refractivity contribution is 9.10. The van der Waals surface area contributed by atoms with Gasteiger partial charge in [-0.25, -0.2) is 8.78 Å². The fourth-order valence-electron chi connectivity index (χ4n) is 1.91. The minimum atomic E-state index is -0.554. The van der Waals surface area contributed by atoms with E-state index < -0.39 is 17.7 Å². The van der Waals surface area contributed by atoms with E-state index in [2.05, 4.69) is 15.9 Å². The van der Waals surface area contributed by atoms with E-state index in [9.17, 15) is 8.78 Å². The van der Waals surface area contributed by atoms with Crippen LogP contribution in [0.1, 0.15) is 30.9 Å². The average molecular weight is 276 g/mol. The van der Waals surface area contributed by atoms with E-state index in [1.54, 1.807) is 0 Å². The molecule has 2 N–H and O–H groups in total. The minimum absolute atomic E-state index is 0.0305. The summed E-state index contributed by atoms with van der Waals surface area (Å²) in [5.41, 5.74) is 5.89. The second-order valence-corrected chi connectivity index (χ2v) is 4.92. The lowest BCUT2D eigenvalue weighted by molar-refractivity contribution is 0.256. The fourth-order valence-corrected chi connectivity index (χ4v) is 2.31. The Labute approximate surface area is 95.8 Å². The van der Waals surface area contributed by atoms with Gasteiger partial charge in [0.25, 0.3) is 0 Å². The lowest BCUT2D eigenvalue weighted by Crippen LogP contribution is -2.28. The second-order valence-electron chi connectivity index (χ2n) is 4.00. The van der Waals surface area contributed by atoms with E-state index in [0.717, 1.165) is 19.3 Å². The Kier molecular flexibility index (Phi) is 3.07. The first-order chi connectivity index (χ1) is 7.09. The standard InChI is InChI=1S/C11H12BrF2N/c12-7-4-8(13)10(9(14)5-7)11(15)6-2-1-3-6/h4-6,11H,1-3,15H2. The summed E-state index contributed by atoms with van der Waals surface area (Å²) in [5, 5.41) is 0. The Morgan fingerprint density at radius 2 is 1.80 bits per heavy atom. The number of nitrogens with two attached hydrogens (primary N) is 1. The quantitative estimate of drug-likeness (QED) is 0.878. The molecule has 0 bridgehead atoms. The van der Waals surface area contributed by atoms with E-state index in [-0.39, 0.29) is 11.5 Å². The van der Waals surface area contributed by atoms with E-state index in [0.29, 0.717) is 4.47 Å². The van der Waals surface area contributed by atoms with Crippen molar-refractivity contribution in [1.82, 2.24) is 0 Å². The highest BCUT2D eigenvalue weighted by atomic mass is 79.9. The van der Waals surface area contributed by atoms with Gasteiger partial charge in [0.15, 0.2) is 0 Å². The van der Waals surface area contributed by atoms with Crippen LogP contribution in [-0.4, -0.2) is 0 Å². The second kappa shape index (κ2) is 4.18. The molecule has 1 atom stereocenters. The maximum atomic E-state index is 13.5.